The molecular weight excluding hydrogens is 923 g/mol. The minimum atomic E-state index is -0.660. The van der Waals surface area contributed by atoms with Gasteiger partial charge in [-0.2, -0.15) is 0 Å². The molecule has 75 heavy (non-hydrogen) atoms. The quantitative estimate of drug-likeness (QED) is 0.0320. The Kier molecular flexibility index (Phi) is 63.9. The van der Waals surface area contributed by atoms with E-state index in [1.807, 2.05) is 0 Å². The number of hydrogen-bond donors (Lipinski definition) is 3. The number of carbonyl (C=O) groups is 2. The molecule has 2 unspecified atom stereocenters. The highest BCUT2D eigenvalue weighted by Crippen LogP contribution is 2.19. The van der Waals surface area contributed by atoms with Crippen LogP contribution in [-0.2, 0) is 14.3 Å². The molecule has 0 heterocycles. The summed E-state index contributed by atoms with van der Waals surface area (Å²) in [5, 5.41) is 23.3. The smallest absolute Gasteiger partial charge is 0.305 e. The molecule has 3 N–H and O–H groups in total. The Balaban J connectivity index is 3.32. The zero-order valence-corrected chi connectivity index (χ0v) is 51.1. The first-order chi connectivity index (χ1) is 37.0. The summed E-state index contributed by atoms with van der Waals surface area (Å²) in [5.41, 5.74) is 0. The van der Waals surface area contributed by atoms with Crippen molar-refractivity contribution in [3.63, 3.8) is 0 Å². The number of ether oxygens (including phenoxy) is 1. The number of nitrogens with one attached hydrogen (secondary N) is 1. The number of allylic oxidation sites excluding steroid dienone is 2. The zero-order valence-electron chi connectivity index (χ0n) is 51.1. The molecule has 0 saturated heterocycles. The standard InChI is InChI=1S/C69H135NO5/c1-3-5-7-9-11-13-15-17-35-38-41-45-49-53-57-61-67(72)66(65-71)70-68(73)62-58-54-50-46-42-39-36-33-31-29-27-25-23-21-19-18-20-22-24-26-28-30-32-34-37-40-44-48-52-56-60-64-75-69(74)63-59-55-51-47-43-16-14-12-10-8-6-4-2/h12,14,66-67,71-72H,3-11,13,15-65H2,1-2H3,(H,70,73)/b14-12-. The number of hydrogen-bond acceptors (Lipinski definition) is 5. The number of esters is 1. The first kappa shape index (κ1) is 73.6. The van der Waals surface area contributed by atoms with Crippen LogP contribution >= 0.6 is 0 Å². The summed E-state index contributed by atoms with van der Waals surface area (Å²) < 4.78 is 5.48. The summed E-state index contributed by atoms with van der Waals surface area (Å²) in [6.45, 7) is 4.96. The van der Waals surface area contributed by atoms with E-state index in [-0.39, 0.29) is 18.5 Å². The molecule has 0 spiro atoms. The van der Waals surface area contributed by atoms with E-state index in [0.29, 0.717) is 25.9 Å². The fourth-order valence-corrected chi connectivity index (χ4v) is 11.1. The van der Waals surface area contributed by atoms with Crippen LogP contribution in [0.25, 0.3) is 0 Å². The van der Waals surface area contributed by atoms with Crippen molar-refractivity contribution < 1.29 is 24.5 Å². The lowest BCUT2D eigenvalue weighted by Crippen LogP contribution is -2.45. The van der Waals surface area contributed by atoms with Crippen LogP contribution in [0.4, 0.5) is 0 Å². The van der Waals surface area contributed by atoms with E-state index < -0.39 is 12.1 Å². The molecule has 6 heteroatoms. The number of aliphatic hydroxyl groups is 2. The molecule has 0 aliphatic rings. The van der Waals surface area contributed by atoms with Gasteiger partial charge in [0, 0.05) is 12.8 Å². The van der Waals surface area contributed by atoms with Crippen molar-refractivity contribution >= 4 is 11.9 Å². The Morgan fingerprint density at radius 3 is 0.973 bits per heavy atom. The molecule has 0 aromatic heterocycles. The minimum Gasteiger partial charge on any atom is -0.466 e. The highest BCUT2D eigenvalue weighted by molar-refractivity contribution is 5.76. The van der Waals surface area contributed by atoms with Crippen LogP contribution in [0.1, 0.15) is 393 Å². The number of aliphatic hydroxyl groups excluding tert-OH is 2. The Hall–Kier alpha value is -1.40. The topological polar surface area (TPSA) is 95.9 Å². The first-order valence-electron chi connectivity index (χ1n) is 34.4. The number of unbranched alkanes of at least 4 members (excludes halogenated alkanes) is 52. The van der Waals surface area contributed by atoms with Gasteiger partial charge >= 0.3 is 5.97 Å². The zero-order chi connectivity index (χ0) is 54.3. The predicted octanol–water partition coefficient (Wildman–Crippen LogP) is 22.0. The lowest BCUT2D eigenvalue weighted by Gasteiger charge is -2.22. The summed E-state index contributed by atoms with van der Waals surface area (Å²) >= 11 is 0. The number of rotatable bonds is 65. The van der Waals surface area contributed by atoms with E-state index in [4.69, 9.17) is 4.74 Å². The van der Waals surface area contributed by atoms with Crippen LogP contribution in [-0.4, -0.2) is 47.4 Å². The van der Waals surface area contributed by atoms with Gasteiger partial charge in [0.05, 0.1) is 25.4 Å². The predicted molar refractivity (Wildman–Crippen MR) is 329 cm³/mol. The molecule has 0 rings (SSSR count). The second kappa shape index (κ2) is 65.1. The third-order valence-corrected chi connectivity index (χ3v) is 16.3. The van der Waals surface area contributed by atoms with Crippen molar-refractivity contribution in [2.75, 3.05) is 13.2 Å². The molecule has 0 aromatic rings. The molecule has 0 aliphatic carbocycles. The van der Waals surface area contributed by atoms with E-state index in [2.05, 4.69) is 31.3 Å². The van der Waals surface area contributed by atoms with Crippen molar-refractivity contribution in [3.8, 4) is 0 Å². The molecule has 0 saturated carbocycles. The molecule has 2 atom stereocenters. The maximum absolute atomic E-state index is 12.5. The Labute approximate surface area is 469 Å². The van der Waals surface area contributed by atoms with Crippen LogP contribution in [0.3, 0.4) is 0 Å². The maximum atomic E-state index is 12.5. The highest BCUT2D eigenvalue weighted by Gasteiger charge is 2.20. The molecule has 0 bridgehead atoms. The monoisotopic (exact) mass is 1060 g/mol. The summed E-state index contributed by atoms with van der Waals surface area (Å²) in [6, 6.07) is -0.537. The van der Waals surface area contributed by atoms with E-state index in [9.17, 15) is 19.8 Å². The lowest BCUT2D eigenvalue weighted by molar-refractivity contribution is -0.143. The normalized spacial score (nSPS) is 12.5. The average molecular weight is 1060 g/mol. The van der Waals surface area contributed by atoms with Crippen molar-refractivity contribution in [3.05, 3.63) is 12.2 Å². The molecule has 446 valence electrons. The summed E-state index contributed by atoms with van der Waals surface area (Å²) in [5.74, 6) is -0.0163. The van der Waals surface area contributed by atoms with Crippen molar-refractivity contribution in [1.29, 1.82) is 0 Å². The first-order valence-corrected chi connectivity index (χ1v) is 34.4. The third kappa shape index (κ3) is 61.7. The molecular formula is C69H135NO5. The van der Waals surface area contributed by atoms with Gasteiger partial charge in [-0.25, -0.2) is 0 Å². The van der Waals surface area contributed by atoms with Crippen molar-refractivity contribution in [2.24, 2.45) is 0 Å². The number of carbonyl (C=O) groups excluding carboxylic acids is 2. The Morgan fingerprint density at radius 1 is 0.360 bits per heavy atom. The fraction of sp³-hybridized carbons (Fsp3) is 0.942. The van der Waals surface area contributed by atoms with Gasteiger partial charge in [0.15, 0.2) is 0 Å². The minimum absolute atomic E-state index is 0.0112. The SMILES string of the molecule is CCCCC/C=C\CCCCCCCC(=O)OCCCCCCCCCCCCCCCCCCCCCCCCCCCCCCCCCC(=O)NC(CO)C(O)CCCCCCCCCCCCCCCCC. The van der Waals surface area contributed by atoms with E-state index in [1.54, 1.807) is 0 Å². The van der Waals surface area contributed by atoms with E-state index >= 15 is 0 Å². The molecule has 0 fully saturated rings. The summed E-state index contributed by atoms with van der Waals surface area (Å²) in [6.07, 6.45) is 79.8. The van der Waals surface area contributed by atoms with Gasteiger partial charge < -0.3 is 20.3 Å². The van der Waals surface area contributed by atoms with Crippen LogP contribution in [0.5, 0.6) is 0 Å². The van der Waals surface area contributed by atoms with Gasteiger partial charge in [-0.05, 0) is 51.4 Å². The number of amides is 1. The van der Waals surface area contributed by atoms with Gasteiger partial charge in [0.25, 0.3) is 0 Å². The van der Waals surface area contributed by atoms with Crippen LogP contribution in [0, 0.1) is 0 Å². The largest absolute Gasteiger partial charge is 0.466 e. The summed E-state index contributed by atoms with van der Waals surface area (Å²) in [7, 11) is 0. The molecule has 6 nitrogen and oxygen atoms in total. The van der Waals surface area contributed by atoms with Gasteiger partial charge in [0.1, 0.15) is 0 Å². The highest BCUT2D eigenvalue weighted by atomic mass is 16.5. The Morgan fingerprint density at radius 2 is 0.627 bits per heavy atom. The van der Waals surface area contributed by atoms with Gasteiger partial charge in [-0.1, -0.05) is 341 Å². The molecule has 0 radical (unpaired) electrons. The molecule has 1 amide bonds. The van der Waals surface area contributed by atoms with Gasteiger partial charge in [-0.3, -0.25) is 9.59 Å². The second-order valence-corrected chi connectivity index (χ2v) is 23.9. The van der Waals surface area contributed by atoms with Crippen molar-refractivity contribution in [2.45, 2.75) is 405 Å². The van der Waals surface area contributed by atoms with Crippen LogP contribution < -0.4 is 5.32 Å². The van der Waals surface area contributed by atoms with Gasteiger partial charge in [-0.15, -0.1) is 0 Å². The third-order valence-electron chi connectivity index (χ3n) is 16.3. The molecule has 0 aromatic carbocycles. The van der Waals surface area contributed by atoms with E-state index in [0.717, 1.165) is 44.9 Å². The van der Waals surface area contributed by atoms with E-state index in [1.165, 1.54) is 315 Å². The van der Waals surface area contributed by atoms with Crippen molar-refractivity contribution in [1.82, 2.24) is 5.32 Å². The van der Waals surface area contributed by atoms with Crippen LogP contribution in [0.2, 0.25) is 0 Å². The average Bonchev–Trinajstić information content (AvgIpc) is 3.41. The fourth-order valence-electron chi connectivity index (χ4n) is 11.1. The second-order valence-electron chi connectivity index (χ2n) is 23.9. The maximum Gasteiger partial charge on any atom is 0.305 e. The Bertz CT molecular complexity index is 1130. The van der Waals surface area contributed by atoms with Crippen LogP contribution in [0.15, 0.2) is 12.2 Å². The molecule has 0 aliphatic heterocycles. The summed E-state index contributed by atoms with van der Waals surface area (Å²) in [4.78, 5) is 24.5. The lowest BCUT2D eigenvalue weighted by atomic mass is 10.0. The van der Waals surface area contributed by atoms with Gasteiger partial charge in [0.2, 0.25) is 5.91 Å².